The van der Waals surface area contributed by atoms with Crippen LogP contribution in [0.2, 0.25) is 0 Å². The average molecular weight is 152 g/mol. The molecule has 0 aromatic heterocycles. The Morgan fingerprint density at radius 3 is 2.11 bits per heavy atom. The molecule has 0 aliphatic carbocycles. The minimum absolute atomic E-state index is 0.486. The lowest BCUT2D eigenvalue weighted by atomic mass is 10.3. The lowest BCUT2D eigenvalue weighted by Crippen LogP contribution is -2.10. The molecule has 0 bridgehead atoms. The second-order valence-corrected chi connectivity index (χ2v) is 1.89. The van der Waals surface area contributed by atoms with E-state index in [9.17, 15) is 4.79 Å². The number of thiol groups is 1. The number of hydrazine groups is 1. The van der Waals surface area contributed by atoms with Gasteiger partial charge >= 0.3 is 5.97 Å². The van der Waals surface area contributed by atoms with Gasteiger partial charge in [-0.15, -0.1) is 0 Å². The molecule has 56 valence electrons. The highest BCUT2D eigenvalue weighted by molar-refractivity contribution is 7.81. The molecule has 0 aromatic rings. The molecule has 0 aromatic carbocycles. The zero-order valence-electron chi connectivity index (χ0n) is 5.24. The van der Waals surface area contributed by atoms with Crippen molar-refractivity contribution in [1.82, 2.24) is 0 Å². The van der Waals surface area contributed by atoms with E-state index in [0.29, 0.717) is 6.42 Å². The molecule has 0 saturated heterocycles. The van der Waals surface area contributed by atoms with Crippen molar-refractivity contribution in [3.05, 3.63) is 0 Å². The predicted molar refractivity (Wildman–Crippen MR) is 39.1 cm³/mol. The van der Waals surface area contributed by atoms with E-state index in [1.54, 1.807) is 6.92 Å². The monoisotopic (exact) mass is 152 g/mol. The molecule has 0 amide bonds. The van der Waals surface area contributed by atoms with Crippen LogP contribution in [0.25, 0.3) is 0 Å². The Labute approximate surface area is 59.6 Å². The second kappa shape index (κ2) is 7.74. The molecule has 5 N–H and O–H groups in total. The lowest BCUT2D eigenvalue weighted by molar-refractivity contribution is -0.136. The minimum Gasteiger partial charge on any atom is -0.480 e. The Morgan fingerprint density at radius 2 is 2.11 bits per heavy atom. The number of aliphatic carboxylic acids is 1. The lowest BCUT2D eigenvalue weighted by Gasteiger charge is -1.95. The number of rotatable bonds is 2. The molecule has 0 radical (unpaired) electrons. The number of nitrogens with two attached hydrogens (primary N) is 2. The number of carboxylic acids is 1. The van der Waals surface area contributed by atoms with Crippen LogP contribution >= 0.6 is 12.6 Å². The van der Waals surface area contributed by atoms with Crippen LogP contribution in [0.15, 0.2) is 0 Å². The number of carbonyl (C=O) groups is 1. The molecule has 0 aliphatic heterocycles. The zero-order chi connectivity index (χ0) is 7.86. The van der Waals surface area contributed by atoms with Crippen molar-refractivity contribution in [2.24, 2.45) is 11.7 Å². The Kier molecular flexibility index (Phi) is 9.91. The van der Waals surface area contributed by atoms with Crippen molar-refractivity contribution >= 4 is 18.6 Å². The van der Waals surface area contributed by atoms with Crippen LogP contribution in [-0.2, 0) is 4.79 Å². The van der Waals surface area contributed by atoms with Gasteiger partial charge in [-0.2, -0.15) is 12.6 Å². The van der Waals surface area contributed by atoms with Crippen LogP contribution < -0.4 is 11.7 Å². The highest BCUT2D eigenvalue weighted by Crippen LogP contribution is 1.97. The van der Waals surface area contributed by atoms with Gasteiger partial charge in [0.05, 0.1) is 5.25 Å². The van der Waals surface area contributed by atoms with Gasteiger partial charge < -0.3 is 5.11 Å². The van der Waals surface area contributed by atoms with Gasteiger partial charge in [0, 0.05) is 0 Å². The van der Waals surface area contributed by atoms with Gasteiger partial charge in [-0.3, -0.25) is 16.5 Å². The summed E-state index contributed by atoms with van der Waals surface area (Å²) >= 11 is 3.73. The van der Waals surface area contributed by atoms with E-state index >= 15 is 0 Å². The molecule has 0 rings (SSSR count). The first kappa shape index (κ1) is 11.5. The van der Waals surface area contributed by atoms with Gasteiger partial charge in [-0.05, 0) is 6.42 Å². The highest BCUT2D eigenvalue weighted by Gasteiger charge is 2.06. The van der Waals surface area contributed by atoms with Crippen LogP contribution in [-0.4, -0.2) is 16.3 Å². The van der Waals surface area contributed by atoms with Crippen LogP contribution in [0.4, 0.5) is 0 Å². The fraction of sp³-hybridized carbons (Fsp3) is 0.750. The van der Waals surface area contributed by atoms with E-state index in [1.807, 2.05) is 0 Å². The van der Waals surface area contributed by atoms with Crippen LogP contribution in [0, 0.1) is 0 Å². The van der Waals surface area contributed by atoms with E-state index in [2.05, 4.69) is 24.3 Å². The van der Waals surface area contributed by atoms with Crippen molar-refractivity contribution in [3.8, 4) is 0 Å². The molecule has 0 heterocycles. The van der Waals surface area contributed by atoms with Gasteiger partial charge in [0.2, 0.25) is 0 Å². The van der Waals surface area contributed by atoms with Gasteiger partial charge in [0.15, 0.2) is 0 Å². The first-order valence-electron chi connectivity index (χ1n) is 2.42. The maximum Gasteiger partial charge on any atom is 0.316 e. The van der Waals surface area contributed by atoms with Crippen molar-refractivity contribution in [2.75, 3.05) is 0 Å². The third-order valence-corrected chi connectivity index (χ3v) is 1.26. The molecule has 0 spiro atoms. The topological polar surface area (TPSA) is 89.3 Å². The summed E-state index contributed by atoms with van der Waals surface area (Å²) in [5, 5.41) is 7.62. The van der Waals surface area contributed by atoms with Crippen LogP contribution in [0.5, 0.6) is 0 Å². The highest BCUT2D eigenvalue weighted by atomic mass is 32.1. The average Bonchev–Trinajstić information content (AvgIpc) is 1.91. The van der Waals surface area contributed by atoms with Crippen molar-refractivity contribution < 1.29 is 9.90 Å². The summed E-state index contributed by atoms with van der Waals surface area (Å²) in [6.07, 6.45) is 0.582. The van der Waals surface area contributed by atoms with Crippen molar-refractivity contribution in [2.45, 2.75) is 18.6 Å². The van der Waals surface area contributed by atoms with Crippen molar-refractivity contribution in [1.29, 1.82) is 0 Å². The molecule has 4 nitrogen and oxygen atoms in total. The number of carboxylic acid groups (broad SMARTS) is 1. The van der Waals surface area contributed by atoms with E-state index < -0.39 is 11.2 Å². The normalized spacial score (nSPS) is 11.1. The minimum atomic E-state index is -0.842. The number of hydrogen-bond donors (Lipinski definition) is 4. The van der Waals surface area contributed by atoms with Crippen molar-refractivity contribution in [3.63, 3.8) is 0 Å². The first-order valence-corrected chi connectivity index (χ1v) is 2.94. The van der Waals surface area contributed by atoms with Gasteiger partial charge in [-0.25, -0.2) is 0 Å². The maximum atomic E-state index is 9.85. The molecular formula is C4H12N2O2S. The Morgan fingerprint density at radius 1 is 1.78 bits per heavy atom. The van der Waals surface area contributed by atoms with E-state index in [1.165, 1.54) is 0 Å². The predicted octanol–water partition coefficient (Wildman–Crippen LogP) is -0.402. The zero-order valence-corrected chi connectivity index (χ0v) is 6.14. The van der Waals surface area contributed by atoms with E-state index in [4.69, 9.17) is 5.11 Å². The molecule has 0 fully saturated rings. The molecular weight excluding hydrogens is 140 g/mol. The third kappa shape index (κ3) is 7.74. The van der Waals surface area contributed by atoms with E-state index in [0.717, 1.165) is 0 Å². The maximum absolute atomic E-state index is 9.85. The summed E-state index contributed by atoms with van der Waals surface area (Å²) in [5.41, 5.74) is 0. The van der Waals surface area contributed by atoms with Gasteiger partial charge in [-0.1, -0.05) is 6.92 Å². The summed E-state index contributed by atoms with van der Waals surface area (Å²) in [5.74, 6) is 7.16. The molecule has 9 heavy (non-hydrogen) atoms. The first-order chi connectivity index (χ1) is 4.18. The molecule has 0 saturated carbocycles. The molecule has 0 aliphatic rings. The fourth-order valence-electron chi connectivity index (χ4n) is 0.175. The van der Waals surface area contributed by atoms with E-state index in [-0.39, 0.29) is 0 Å². The van der Waals surface area contributed by atoms with Crippen LogP contribution in [0.1, 0.15) is 13.3 Å². The Balaban J connectivity index is 0. The summed E-state index contributed by atoms with van der Waals surface area (Å²) in [4.78, 5) is 9.85. The second-order valence-electron chi connectivity index (χ2n) is 1.26. The van der Waals surface area contributed by atoms with Gasteiger partial charge in [0.25, 0.3) is 0 Å². The Hall–Kier alpha value is -0.260. The fourth-order valence-corrected chi connectivity index (χ4v) is 0.175. The van der Waals surface area contributed by atoms with Crippen LogP contribution in [0.3, 0.4) is 0 Å². The summed E-state index contributed by atoms with van der Waals surface area (Å²) < 4.78 is 0. The third-order valence-electron chi connectivity index (χ3n) is 0.672. The molecule has 5 heteroatoms. The Bertz CT molecular complexity index is 79.0. The largest absolute Gasteiger partial charge is 0.480 e. The number of hydrogen-bond acceptors (Lipinski definition) is 4. The summed E-state index contributed by atoms with van der Waals surface area (Å²) in [7, 11) is 0. The van der Waals surface area contributed by atoms with Gasteiger partial charge in [0.1, 0.15) is 0 Å². The molecule has 1 unspecified atom stereocenters. The SMILES string of the molecule is CCC(S)C(=O)O.NN. The molecule has 1 atom stereocenters. The summed E-state index contributed by atoms with van der Waals surface area (Å²) in [6.45, 7) is 1.78. The summed E-state index contributed by atoms with van der Waals surface area (Å²) in [6, 6.07) is 0. The smallest absolute Gasteiger partial charge is 0.316 e. The quantitative estimate of drug-likeness (QED) is 0.246. The standard InChI is InChI=1S/C4H8O2S.H4N2/c1-2-3(7)4(5)6;1-2/h3,7H,2H2,1H3,(H,5,6);1-2H2.